The Morgan fingerprint density at radius 2 is 1.61 bits per heavy atom. The van der Waals surface area contributed by atoms with E-state index in [4.69, 9.17) is 10.5 Å². The Hall–Kier alpha value is -2.48. The molecule has 2 aromatic rings. The first-order chi connectivity index (χ1) is 29.0. The molecule has 2 amide bonds. The summed E-state index contributed by atoms with van der Waals surface area (Å²) >= 11 is 0.894. The van der Waals surface area contributed by atoms with Crippen molar-refractivity contribution in [2.45, 2.75) is 122 Å². The van der Waals surface area contributed by atoms with Crippen molar-refractivity contribution in [3.8, 4) is 0 Å². The first kappa shape index (κ1) is 53.9. The summed E-state index contributed by atoms with van der Waals surface area (Å²) in [5.41, 5.74) is 4.05. The van der Waals surface area contributed by atoms with Crippen molar-refractivity contribution < 1.29 is 85.6 Å². The monoisotopic (exact) mass is 961 g/mol. The van der Waals surface area contributed by atoms with Crippen LogP contribution in [0.15, 0.2) is 12.7 Å². The summed E-state index contributed by atoms with van der Waals surface area (Å²) in [5, 5.41) is 36.0. The normalized spacial score (nSPS) is 21.3. The van der Waals surface area contributed by atoms with Gasteiger partial charge in [-0.1, -0.05) is 83.9 Å². The Bertz CT molecular complexity index is 1920. The smallest absolute Gasteiger partial charge is 0.274 e. The average molecular weight is 962 g/mol. The maximum Gasteiger partial charge on any atom is 0.274 e. The zero-order chi connectivity index (χ0) is 46.3. The van der Waals surface area contributed by atoms with Gasteiger partial charge >= 0.3 is 0 Å². The Balaban J connectivity index is 1.39. The molecule has 25 nitrogen and oxygen atoms in total. The molecule has 0 bridgehead atoms. The highest BCUT2D eigenvalue weighted by Gasteiger charge is 2.47. The van der Waals surface area contributed by atoms with E-state index in [1.54, 1.807) is 0 Å². The molecule has 1 aliphatic rings. The number of aromatic nitrogens is 4. The number of ether oxygens (including phenoxy) is 1. The number of unbranched alkanes of at least 4 members (excludes halogenated alkanes) is 7. The second-order valence-electron chi connectivity index (χ2n) is 14.9. The highest BCUT2D eigenvalue weighted by Crippen LogP contribution is 2.56. The van der Waals surface area contributed by atoms with Crippen LogP contribution in [0.2, 0.25) is 0 Å². The first-order valence-corrected chi connectivity index (χ1v) is 25.0. The number of nitrogen functional groups attached to an aromatic ring is 1. The fourth-order valence-corrected chi connectivity index (χ4v) is 9.40. The summed E-state index contributed by atoms with van der Waals surface area (Å²) < 4.78 is 60.6. The van der Waals surface area contributed by atoms with Gasteiger partial charge in [0.15, 0.2) is 17.7 Å². The molecule has 1 fully saturated rings. The SMILES string of the molecule is CCCCCCCCCCC(O)C(=O)SCCNC(=O)CCNC(=O)[C@H](O)C(C)(C)COP(=O)([O-])OP(=O)([O-])OC[C@H]1O[C@@H](n2cnc3c(N)ncnc32)[C@H](O)[C@@H]1OP(=O)([O-])[O-]. The van der Waals surface area contributed by atoms with Crippen LogP contribution in [0.4, 0.5) is 5.82 Å². The number of aliphatic hydroxyl groups is 3. The fraction of sp³-hybridized carbons (Fsp3) is 0.758. The number of carbonyl (C=O) groups excluding carboxylic acids is 3. The maximum atomic E-state index is 12.6. The van der Waals surface area contributed by atoms with E-state index in [1.807, 2.05) is 0 Å². The van der Waals surface area contributed by atoms with Crippen LogP contribution in [0.25, 0.3) is 11.2 Å². The van der Waals surface area contributed by atoms with Crippen molar-refractivity contribution in [3.63, 3.8) is 0 Å². The minimum Gasteiger partial charge on any atom is -0.790 e. The largest absolute Gasteiger partial charge is 0.790 e. The number of fused-ring (bicyclic) bond motifs is 1. The number of amides is 2. The lowest BCUT2D eigenvalue weighted by Gasteiger charge is -2.36. The molecule has 0 spiro atoms. The van der Waals surface area contributed by atoms with Crippen molar-refractivity contribution in [1.29, 1.82) is 0 Å². The minimum absolute atomic E-state index is 0.0248. The fourth-order valence-electron chi connectivity index (χ4n) is 5.94. The number of hydrogen-bond acceptors (Lipinski definition) is 23. The van der Waals surface area contributed by atoms with Crippen molar-refractivity contribution in [3.05, 3.63) is 12.7 Å². The number of imidazole rings is 1. The second-order valence-corrected chi connectivity index (χ2v) is 20.1. The quantitative estimate of drug-likeness (QED) is 0.0422. The minimum atomic E-state index is -5.93. The number of rotatable bonds is 29. The van der Waals surface area contributed by atoms with Crippen LogP contribution in [0.3, 0.4) is 0 Å². The molecular formula is C33H54N7O18P3S-4. The number of hydrogen-bond donors (Lipinski definition) is 6. The summed E-state index contributed by atoms with van der Waals surface area (Å²) in [7, 11) is -17.6. The molecule has 29 heteroatoms. The highest BCUT2D eigenvalue weighted by atomic mass is 32.2. The van der Waals surface area contributed by atoms with Crippen molar-refractivity contribution in [2.24, 2.45) is 5.41 Å². The molecule has 1 aliphatic heterocycles. The van der Waals surface area contributed by atoms with Crippen LogP contribution < -0.4 is 35.9 Å². The van der Waals surface area contributed by atoms with E-state index in [-0.39, 0.29) is 47.4 Å². The molecule has 3 rings (SSSR count). The molecule has 3 unspecified atom stereocenters. The van der Waals surface area contributed by atoms with Crippen LogP contribution in [0.5, 0.6) is 0 Å². The average Bonchev–Trinajstić information content (AvgIpc) is 3.75. The lowest BCUT2D eigenvalue weighted by molar-refractivity contribution is -0.347. The van der Waals surface area contributed by atoms with E-state index in [1.165, 1.54) is 39.5 Å². The molecule has 0 saturated carbocycles. The number of nitrogens with one attached hydrogen (secondary N) is 2. The Morgan fingerprint density at radius 3 is 2.27 bits per heavy atom. The Kier molecular flexibility index (Phi) is 21.5. The Labute approximate surface area is 361 Å². The number of carbonyl (C=O) groups is 3. The summed E-state index contributed by atoms with van der Waals surface area (Å²) in [5.74, 6) is -1.40. The molecule has 8 atom stereocenters. The van der Waals surface area contributed by atoms with Crippen LogP contribution in [-0.4, -0.2) is 114 Å². The number of thioether (sulfide) groups is 1. The summed E-state index contributed by atoms with van der Waals surface area (Å²) in [6, 6.07) is 0. The maximum absolute atomic E-state index is 12.6. The van der Waals surface area contributed by atoms with Gasteiger partial charge in [0.05, 0.1) is 27.4 Å². The summed E-state index contributed by atoms with van der Waals surface area (Å²) in [6.07, 6.45) is 0.305. The van der Waals surface area contributed by atoms with Gasteiger partial charge in [0, 0.05) is 30.7 Å². The molecular weight excluding hydrogens is 907 g/mol. The lowest BCUT2D eigenvalue weighted by Crippen LogP contribution is -2.46. The van der Waals surface area contributed by atoms with Crippen LogP contribution in [0, 0.1) is 5.41 Å². The molecule has 0 aromatic carbocycles. The van der Waals surface area contributed by atoms with Crippen LogP contribution in [-0.2, 0) is 50.7 Å². The van der Waals surface area contributed by atoms with Crippen molar-refractivity contribution in [1.82, 2.24) is 30.2 Å². The summed E-state index contributed by atoms with van der Waals surface area (Å²) in [6.45, 7) is 2.11. The number of nitrogens with zero attached hydrogens (tertiary/aromatic N) is 4. The first-order valence-electron chi connectivity index (χ1n) is 19.6. The van der Waals surface area contributed by atoms with Crippen molar-refractivity contribution >= 4 is 69.1 Å². The molecule has 62 heavy (non-hydrogen) atoms. The van der Waals surface area contributed by atoms with E-state index in [2.05, 4.69) is 50.4 Å². The molecule has 354 valence electrons. The predicted molar refractivity (Wildman–Crippen MR) is 211 cm³/mol. The van der Waals surface area contributed by atoms with Crippen molar-refractivity contribution in [2.75, 3.05) is 37.8 Å². The number of phosphoric acid groups is 3. The molecule has 3 heterocycles. The van der Waals surface area contributed by atoms with Gasteiger partial charge in [-0.05, 0) is 6.42 Å². The lowest BCUT2D eigenvalue weighted by atomic mass is 9.87. The van der Waals surface area contributed by atoms with E-state index in [9.17, 15) is 63.0 Å². The van der Waals surface area contributed by atoms with Gasteiger partial charge in [-0.3, -0.25) is 28.1 Å². The van der Waals surface area contributed by atoms with Gasteiger partial charge < -0.3 is 74.1 Å². The molecule has 0 aliphatic carbocycles. The topological polar surface area (TPSA) is 395 Å². The van der Waals surface area contributed by atoms with Gasteiger partial charge in [0.25, 0.3) is 15.6 Å². The van der Waals surface area contributed by atoms with E-state index in [0.717, 1.165) is 54.7 Å². The standard InChI is InChI=1S/C33H58N7O18P3S/c1-4-5-6-7-8-9-10-11-12-21(41)32(46)62-16-15-35-23(42)13-14-36-30(45)27(44)33(2,3)18-55-61(52,53)58-60(50,51)54-17-22-26(57-59(47,48)49)25(43)31(56-22)40-20-39-24-28(34)37-19-38-29(24)40/h19-22,25-27,31,41,43-44H,4-18H2,1-3H3,(H,35,42)(H,36,45)(H,50,51)(H,52,53)(H2,34,37,38)(H2,47,48,49)/p-4/t21?,22-,25-,26-,27+,31-/m1/s1. The number of phosphoric ester groups is 3. The van der Waals surface area contributed by atoms with Crippen LogP contribution in [0.1, 0.15) is 91.2 Å². The molecule has 2 aromatic heterocycles. The zero-order valence-corrected chi connectivity index (χ0v) is 37.8. The molecule has 0 radical (unpaired) electrons. The predicted octanol–water partition coefficient (Wildman–Crippen LogP) is -0.972. The zero-order valence-electron chi connectivity index (χ0n) is 34.3. The number of anilines is 1. The van der Waals surface area contributed by atoms with Gasteiger partial charge in [-0.2, -0.15) is 0 Å². The number of nitrogens with two attached hydrogens (primary N) is 1. The number of aliphatic hydroxyl groups excluding tert-OH is 3. The third kappa shape index (κ3) is 17.8. The van der Waals surface area contributed by atoms with Gasteiger partial charge in [-0.15, -0.1) is 0 Å². The van der Waals surface area contributed by atoms with E-state index >= 15 is 0 Å². The Morgan fingerprint density at radius 1 is 0.968 bits per heavy atom. The molecule has 7 N–H and O–H groups in total. The van der Waals surface area contributed by atoms with Crippen LogP contribution >= 0.6 is 35.2 Å². The molecule has 1 saturated heterocycles. The third-order valence-electron chi connectivity index (χ3n) is 9.32. The second kappa shape index (κ2) is 24.7. The van der Waals surface area contributed by atoms with Gasteiger partial charge in [0.1, 0.15) is 42.4 Å². The van der Waals surface area contributed by atoms with Gasteiger partial charge in [0.2, 0.25) is 16.9 Å². The summed E-state index contributed by atoms with van der Waals surface area (Å²) in [4.78, 5) is 96.6. The third-order valence-corrected chi connectivity index (χ3v) is 13.3. The van der Waals surface area contributed by atoms with E-state index in [0.29, 0.717) is 6.42 Å². The van der Waals surface area contributed by atoms with E-state index < -0.39 is 90.7 Å². The van der Waals surface area contributed by atoms with Gasteiger partial charge in [-0.25, -0.2) is 19.3 Å². The highest BCUT2D eigenvalue weighted by molar-refractivity contribution is 8.13.